The molecule has 0 fully saturated rings. The number of nitrogens with zero attached hydrogens (tertiary/aromatic N) is 8. The van der Waals surface area contributed by atoms with Crippen molar-refractivity contribution in [2.45, 2.75) is 25.5 Å². The Bertz CT molecular complexity index is 1300. The molecule has 0 spiro atoms. The number of anilines is 4. The van der Waals surface area contributed by atoms with E-state index >= 15 is 0 Å². The van der Waals surface area contributed by atoms with Crippen molar-refractivity contribution in [1.82, 2.24) is 34.5 Å². The second-order valence-corrected chi connectivity index (χ2v) is 8.44. The molecule has 1 atom stereocenters. The standard InChI is InChI=1S/C21H21N9OS/c1-21(31,19-22-8-11-32-19)6-4-15-12-18-29(9-3-10-30(18)27-15)17-5-7-23-20(26-17)25-16-13-24-28(2)14-16/h5,7-8,11-14,31H,3,9-10H2,1-2H3,(H,23,25,26). The molecule has 0 saturated carbocycles. The van der Waals surface area contributed by atoms with Crippen molar-refractivity contribution in [2.24, 2.45) is 7.05 Å². The van der Waals surface area contributed by atoms with E-state index in [9.17, 15) is 5.11 Å². The highest BCUT2D eigenvalue weighted by molar-refractivity contribution is 7.09. The average Bonchev–Trinajstić information content (AvgIpc) is 3.53. The number of aromatic nitrogens is 7. The van der Waals surface area contributed by atoms with E-state index in [1.807, 2.05) is 35.4 Å². The maximum Gasteiger partial charge on any atom is 0.229 e. The van der Waals surface area contributed by atoms with Gasteiger partial charge in [0.25, 0.3) is 0 Å². The second kappa shape index (κ2) is 8.07. The largest absolute Gasteiger partial charge is 0.371 e. The maximum atomic E-state index is 10.6. The van der Waals surface area contributed by atoms with Gasteiger partial charge in [0.05, 0.1) is 11.9 Å². The number of nitrogens with one attached hydrogen (secondary N) is 1. The lowest BCUT2D eigenvalue weighted by Crippen LogP contribution is -2.28. The molecule has 162 valence electrons. The first-order valence-corrected chi connectivity index (χ1v) is 11.0. The third kappa shape index (κ3) is 4.05. The predicted molar refractivity (Wildman–Crippen MR) is 121 cm³/mol. The van der Waals surface area contributed by atoms with Crippen LogP contribution in [0.2, 0.25) is 0 Å². The van der Waals surface area contributed by atoms with E-state index in [-0.39, 0.29) is 0 Å². The van der Waals surface area contributed by atoms with Crippen LogP contribution in [0.1, 0.15) is 24.0 Å². The van der Waals surface area contributed by atoms with E-state index in [0.717, 1.165) is 36.8 Å². The van der Waals surface area contributed by atoms with Gasteiger partial charge in [0.1, 0.15) is 22.3 Å². The summed E-state index contributed by atoms with van der Waals surface area (Å²) in [6.07, 6.45) is 7.88. The van der Waals surface area contributed by atoms with Gasteiger partial charge in [0.2, 0.25) is 5.95 Å². The summed E-state index contributed by atoms with van der Waals surface area (Å²) in [5, 5.41) is 24.9. The van der Waals surface area contributed by atoms with Gasteiger partial charge in [-0.3, -0.25) is 4.68 Å². The van der Waals surface area contributed by atoms with Crippen LogP contribution in [0.5, 0.6) is 0 Å². The Labute approximate surface area is 188 Å². The first kappa shape index (κ1) is 20.2. The Kier molecular flexibility index (Phi) is 5.08. The van der Waals surface area contributed by atoms with Gasteiger partial charge in [-0.1, -0.05) is 5.92 Å². The zero-order valence-corrected chi connectivity index (χ0v) is 18.4. The monoisotopic (exact) mass is 447 g/mol. The first-order chi connectivity index (χ1) is 15.5. The quantitative estimate of drug-likeness (QED) is 0.459. The lowest BCUT2D eigenvalue weighted by atomic mass is 10.1. The minimum absolute atomic E-state index is 0.492. The first-order valence-electron chi connectivity index (χ1n) is 10.1. The summed E-state index contributed by atoms with van der Waals surface area (Å²) in [5.74, 6) is 8.06. The number of thiazole rings is 1. The van der Waals surface area contributed by atoms with Crippen molar-refractivity contribution in [3.8, 4) is 11.8 Å². The van der Waals surface area contributed by atoms with Crippen LogP contribution < -0.4 is 10.2 Å². The summed E-state index contributed by atoms with van der Waals surface area (Å²) in [5.41, 5.74) is 0.0852. The Balaban J connectivity index is 1.41. The normalized spacial score (nSPS) is 14.9. The molecule has 5 heterocycles. The van der Waals surface area contributed by atoms with Crippen molar-refractivity contribution in [2.75, 3.05) is 16.8 Å². The van der Waals surface area contributed by atoms with Crippen LogP contribution >= 0.6 is 11.3 Å². The molecule has 11 heteroatoms. The number of fused-ring (bicyclic) bond motifs is 1. The van der Waals surface area contributed by atoms with Crippen LogP contribution in [0.4, 0.5) is 23.3 Å². The van der Waals surface area contributed by atoms with E-state index in [4.69, 9.17) is 0 Å². The molecule has 0 aromatic carbocycles. The van der Waals surface area contributed by atoms with Crippen LogP contribution in [-0.4, -0.2) is 46.2 Å². The van der Waals surface area contributed by atoms with E-state index in [0.29, 0.717) is 16.6 Å². The third-order valence-electron chi connectivity index (χ3n) is 4.95. The predicted octanol–water partition coefficient (Wildman–Crippen LogP) is 2.41. The van der Waals surface area contributed by atoms with E-state index in [1.165, 1.54) is 11.3 Å². The van der Waals surface area contributed by atoms with E-state index < -0.39 is 5.60 Å². The molecule has 0 radical (unpaired) electrons. The van der Waals surface area contributed by atoms with Gasteiger partial charge < -0.3 is 15.3 Å². The molecule has 1 aliphatic rings. The summed E-state index contributed by atoms with van der Waals surface area (Å²) in [6.45, 7) is 3.24. The zero-order valence-electron chi connectivity index (χ0n) is 17.6. The number of rotatable bonds is 4. The van der Waals surface area contributed by atoms with Crippen LogP contribution in [0.15, 0.2) is 42.3 Å². The van der Waals surface area contributed by atoms with Gasteiger partial charge in [-0.2, -0.15) is 15.2 Å². The second-order valence-electron chi connectivity index (χ2n) is 7.54. The van der Waals surface area contributed by atoms with E-state index in [2.05, 4.69) is 47.2 Å². The fourth-order valence-corrected chi connectivity index (χ4v) is 4.11. The van der Waals surface area contributed by atoms with Crippen molar-refractivity contribution >= 4 is 34.6 Å². The lowest BCUT2D eigenvalue weighted by Gasteiger charge is -2.28. The topological polar surface area (TPSA) is 110 Å². The molecule has 5 rings (SSSR count). The highest BCUT2D eigenvalue weighted by Gasteiger charge is 2.24. The van der Waals surface area contributed by atoms with Crippen LogP contribution in [0, 0.1) is 11.8 Å². The highest BCUT2D eigenvalue weighted by Crippen LogP contribution is 2.29. The number of aliphatic hydroxyl groups is 1. The minimum Gasteiger partial charge on any atom is -0.371 e. The van der Waals surface area contributed by atoms with Crippen LogP contribution in [0.3, 0.4) is 0 Å². The highest BCUT2D eigenvalue weighted by atomic mass is 32.1. The number of hydrogen-bond acceptors (Lipinski definition) is 9. The Morgan fingerprint density at radius 3 is 2.94 bits per heavy atom. The maximum absolute atomic E-state index is 10.6. The fourth-order valence-electron chi connectivity index (χ4n) is 3.45. The smallest absolute Gasteiger partial charge is 0.229 e. The minimum atomic E-state index is -1.32. The van der Waals surface area contributed by atoms with Gasteiger partial charge in [0, 0.05) is 50.2 Å². The molecule has 1 aliphatic heterocycles. The average molecular weight is 448 g/mol. The van der Waals surface area contributed by atoms with Gasteiger partial charge in [-0.05, 0) is 25.3 Å². The van der Waals surface area contributed by atoms with Crippen LogP contribution in [0.25, 0.3) is 0 Å². The van der Waals surface area contributed by atoms with Gasteiger partial charge in [-0.25, -0.2) is 14.6 Å². The molecule has 32 heavy (non-hydrogen) atoms. The fraction of sp³-hybridized carbons (Fsp3) is 0.286. The molecule has 4 aromatic rings. The zero-order chi connectivity index (χ0) is 22.1. The molecule has 0 aliphatic carbocycles. The van der Waals surface area contributed by atoms with Crippen molar-refractivity contribution < 1.29 is 5.11 Å². The van der Waals surface area contributed by atoms with Crippen molar-refractivity contribution in [3.05, 3.63) is 53.0 Å². The molecule has 1 unspecified atom stereocenters. The molecule has 10 nitrogen and oxygen atoms in total. The SMILES string of the molecule is Cn1cc(Nc2nccc(N3CCCn4nc(C#CC(C)(O)c5nccs5)cc43)n2)cn1. The summed E-state index contributed by atoms with van der Waals surface area (Å²) in [7, 11) is 1.86. The summed E-state index contributed by atoms with van der Waals surface area (Å²) in [4.78, 5) is 15.2. The molecule has 0 bridgehead atoms. The van der Waals surface area contributed by atoms with Crippen molar-refractivity contribution in [3.63, 3.8) is 0 Å². The van der Waals surface area contributed by atoms with E-state index in [1.54, 1.807) is 30.2 Å². The van der Waals surface area contributed by atoms with Gasteiger partial charge in [-0.15, -0.1) is 11.3 Å². The molecule has 4 aromatic heterocycles. The van der Waals surface area contributed by atoms with Gasteiger partial charge >= 0.3 is 0 Å². The molecule has 2 N–H and O–H groups in total. The third-order valence-corrected chi connectivity index (χ3v) is 5.93. The van der Waals surface area contributed by atoms with Crippen molar-refractivity contribution in [1.29, 1.82) is 0 Å². The Hall–Kier alpha value is -3.75. The number of aryl methyl sites for hydroxylation is 2. The van der Waals surface area contributed by atoms with Gasteiger partial charge in [0.15, 0.2) is 5.60 Å². The molecule has 0 amide bonds. The lowest BCUT2D eigenvalue weighted by molar-refractivity contribution is 0.122. The summed E-state index contributed by atoms with van der Waals surface area (Å²) in [6, 6.07) is 3.79. The Morgan fingerprint density at radius 1 is 1.25 bits per heavy atom. The van der Waals surface area contributed by atoms with Crippen LogP contribution in [-0.2, 0) is 19.2 Å². The molecule has 0 saturated heterocycles. The summed E-state index contributed by atoms with van der Waals surface area (Å²) >= 11 is 1.37. The molecular formula is C21H21N9OS. The number of hydrogen-bond donors (Lipinski definition) is 2. The Morgan fingerprint density at radius 2 is 2.16 bits per heavy atom. The summed E-state index contributed by atoms with van der Waals surface area (Å²) < 4.78 is 3.63. The molecular weight excluding hydrogens is 426 g/mol.